The highest BCUT2D eigenvalue weighted by Crippen LogP contribution is 2.23. The summed E-state index contributed by atoms with van der Waals surface area (Å²) < 4.78 is 34.4. The van der Waals surface area contributed by atoms with Crippen LogP contribution in [0.4, 0.5) is 5.69 Å². The molecular weight excluding hydrogens is 324 g/mol. The van der Waals surface area contributed by atoms with Crippen LogP contribution in [0.15, 0.2) is 24.3 Å². The lowest BCUT2D eigenvalue weighted by atomic mass is 10.2. The molecule has 0 radical (unpaired) electrons. The van der Waals surface area contributed by atoms with Gasteiger partial charge in [0.2, 0.25) is 15.9 Å². The van der Waals surface area contributed by atoms with Gasteiger partial charge in [-0.3, -0.25) is 9.10 Å². The number of nitrogens with zero attached hydrogens (tertiary/aromatic N) is 1. The molecule has 0 aromatic heterocycles. The zero-order chi connectivity index (χ0) is 17.5. The molecule has 0 spiro atoms. The van der Waals surface area contributed by atoms with Gasteiger partial charge in [0.25, 0.3) is 0 Å². The van der Waals surface area contributed by atoms with Gasteiger partial charge in [0.05, 0.1) is 31.2 Å². The molecule has 0 aliphatic rings. The van der Waals surface area contributed by atoms with Crippen LogP contribution in [-0.4, -0.2) is 60.5 Å². The molecule has 0 aliphatic heterocycles. The van der Waals surface area contributed by atoms with Crippen molar-refractivity contribution in [2.24, 2.45) is 0 Å². The number of hydrogen-bond acceptors (Lipinski definition) is 6. The predicted octanol–water partition coefficient (Wildman–Crippen LogP) is 0.00180. The summed E-state index contributed by atoms with van der Waals surface area (Å²) in [7, 11) is -1.09. The first-order chi connectivity index (χ1) is 10.8. The van der Waals surface area contributed by atoms with Gasteiger partial charge < -0.3 is 14.8 Å². The summed E-state index contributed by atoms with van der Waals surface area (Å²) in [5.41, 5.74) is 0.147. The number of carbonyl (C=O) groups is 2. The number of rotatable bonds is 8. The molecule has 1 rings (SSSR count). The number of para-hydroxylation sites is 1. The first-order valence-corrected chi connectivity index (χ1v) is 8.56. The second-order valence-electron chi connectivity index (χ2n) is 4.62. The van der Waals surface area contributed by atoms with Crippen molar-refractivity contribution in [2.45, 2.75) is 0 Å². The number of benzene rings is 1. The fourth-order valence-corrected chi connectivity index (χ4v) is 2.70. The fraction of sp³-hybridized carbons (Fsp3) is 0.429. The fourth-order valence-electron chi connectivity index (χ4n) is 1.83. The first kappa shape index (κ1) is 18.9. The van der Waals surface area contributed by atoms with Crippen molar-refractivity contribution in [3.63, 3.8) is 0 Å². The molecule has 8 nitrogen and oxygen atoms in total. The van der Waals surface area contributed by atoms with E-state index in [1.807, 2.05) is 0 Å². The van der Waals surface area contributed by atoms with Gasteiger partial charge in [-0.05, 0) is 12.1 Å². The zero-order valence-corrected chi connectivity index (χ0v) is 14.1. The monoisotopic (exact) mass is 344 g/mol. The number of methoxy groups -OCH3 is 2. The van der Waals surface area contributed by atoms with Crippen LogP contribution in [0.1, 0.15) is 10.4 Å². The van der Waals surface area contributed by atoms with Crippen molar-refractivity contribution in [3.05, 3.63) is 29.8 Å². The van der Waals surface area contributed by atoms with Crippen LogP contribution in [0.5, 0.6) is 0 Å². The molecule has 0 unspecified atom stereocenters. The highest BCUT2D eigenvalue weighted by molar-refractivity contribution is 7.92. The summed E-state index contributed by atoms with van der Waals surface area (Å²) in [5, 5.41) is 2.53. The van der Waals surface area contributed by atoms with Crippen LogP contribution >= 0.6 is 0 Å². The van der Waals surface area contributed by atoms with E-state index in [1.54, 1.807) is 12.1 Å². The maximum absolute atomic E-state index is 12.0. The lowest BCUT2D eigenvalue weighted by molar-refractivity contribution is -0.119. The highest BCUT2D eigenvalue weighted by atomic mass is 32.2. The summed E-state index contributed by atoms with van der Waals surface area (Å²) in [5.74, 6) is -1.19. The number of anilines is 1. The minimum absolute atomic E-state index is 0.0603. The SMILES string of the molecule is COCCNC(=O)CN(c1ccccc1C(=O)OC)S(C)(=O)=O. The smallest absolute Gasteiger partial charge is 0.340 e. The van der Waals surface area contributed by atoms with E-state index < -0.39 is 28.4 Å². The number of carbonyl (C=O) groups excluding carboxylic acids is 2. The van der Waals surface area contributed by atoms with Crippen molar-refractivity contribution in [1.82, 2.24) is 5.32 Å². The number of ether oxygens (including phenoxy) is 2. The van der Waals surface area contributed by atoms with E-state index in [0.717, 1.165) is 10.6 Å². The van der Waals surface area contributed by atoms with Crippen molar-refractivity contribution >= 4 is 27.6 Å². The summed E-state index contributed by atoms with van der Waals surface area (Å²) in [6.45, 7) is 0.117. The van der Waals surface area contributed by atoms with Gasteiger partial charge in [0, 0.05) is 13.7 Å². The largest absolute Gasteiger partial charge is 0.465 e. The summed E-state index contributed by atoms with van der Waals surface area (Å²) in [6.07, 6.45) is 0.962. The quantitative estimate of drug-likeness (QED) is 0.526. The Labute approximate surface area is 135 Å². The normalized spacial score (nSPS) is 10.9. The Morgan fingerprint density at radius 1 is 1.22 bits per heavy atom. The Morgan fingerprint density at radius 2 is 1.87 bits per heavy atom. The number of sulfonamides is 1. The molecule has 0 atom stereocenters. The molecule has 1 aromatic rings. The topological polar surface area (TPSA) is 102 Å². The molecular formula is C14H20N2O6S. The summed E-state index contributed by atoms with van der Waals surface area (Å²) in [4.78, 5) is 23.7. The van der Waals surface area contributed by atoms with Crippen LogP contribution in [0.2, 0.25) is 0 Å². The Hall–Kier alpha value is -2.13. The van der Waals surface area contributed by atoms with E-state index in [1.165, 1.54) is 26.4 Å². The third-order valence-electron chi connectivity index (χ3n) is 2.89. The van der Waals surface area contributed by atoms with Gasteiger partial charge in [0.15, 0.2) is 0 Å². The average Bonchev–Trinajstić information content (AvgIpc) is 2.51. The standard InChI is InChI=1S/C14H20N2O6S/c1-21-9-8-15-13(17)10-16(23(3,19)20)12-7-5-4-6-11(12)14(18)22-2/h4-7H,8-10H2,1-3H3,(H,15,17). The van der Waals surface area contributed by atoms with E-state index in [9.17, 15) is 18.0 Å². The predicted molar refractivity (Wildman–Crippen MR) is 84.9 cm³/mol. The molecule has 0 fully saturated rings. The number of hydrogen-bond donors (Lipinski definition) is 1. The molecule has 9 heteroatoms. The highest BCUT2D eigenvalue weighted by Gasteiger charge is 2.25. The van der Waals surface area contributed by atoms with E-state index >= 15 is 0 Å². The molecule has 1 aromatic carbocycles. The third kappa shape index (κ3) is 5.53. The summed E-state index contributed by atoms with van der Waals surface area (Å²) in [6, 6.07) is 6.02. The van der Waals surface area contributed by atoms with E-state index in [4.69, 9.17) is 4.74 Å². The number of amides is 1. The first-order valence-electron chi connectivity index (χ1n) is 6.72. The molecule has 1 amide bonds. The van der Waals surface area contributed by atoms with Gasteiger partial charge in [-0.2, -0.15) is 0 Å². The molecule has 0 saturated heterocycles. The second-order valence-corrected chi connectivity index (χ2v) is 6.53. The number of nitrogens with one attached hydrogen (secondary N) is 1. The Morgan fingerprint density at radius 3 is 2.43 bits per heavy atom. The maximum Gasteiger partial charge on any atom is 0.340 e. The van der Waals surface area contributed by atoms with Gasteiger partial charge in [-0.25, -0.2) is 13.2 Å². The molecule has 128 valence electrons. The van der Waals surface area contributed by atoms with Crippen LogP contribution < -0.4 is 9.62 Å². The van der Waals surface area contributed by atoms with Crippen LogP contribution in [-0.2, 0) is 24.3 Å². The zero-order valence-electron chi connectivity index (χ0n) is 13.2. The molecule has 0 saturated carbocycles. The van der Waals surface area contributed by atoms with Crippen LogP contribution in [0, 0.1) is 0 Å². The second kappa shape index (κ2) is 8.49. The van der Waals surface area contributed by atoms with Crippen molar-refractivity contribution in [3.8, 4) is 0 Å². The molecule has 0 bridgehead atoms. The van der Waals surface area contributed by atoms with Gasteiger partial charge in [0.1, 0.15) is 6.54 Å². The lowest BCUT2D eigenvalue weighted by Gasteiger charge is -2.23. The van der Waals surface area contributed by atoms with Crippen molar-refractivity contribution in [1.29, 1.82) is 0 Å². The van der Waals surface area contributed by atoms with Gasteiger partial charge in [-0.1, -0.05) is 12.1 Å². The molecule has 0 aliphatic carbocycles. The van der Waals surface area contributed by atoms with Crippen molar-refractivity contribution < 1.29 is 27.5 Å². The van der Waals surface area contributed by atoms with Crippen LogP contribution in [0.25, 0.3) is 0 Å². The van der Waals surface area contributed by atoms with E-state index in [0.29, 0.717) is 6.61 Å². The number of esters is 1. The maximum atomic E-state index is 12.0. The van der Waals surface area contributed by atoms with Crippen LogP contribution in [0.3, 0.4) is 0 Å². The minimum Gasteiger partial charge on any atom is -0.465 e. The van der Waals surface area contributed by atoms with E-state index in [-0.39, 0.29) is 17.8 Å². The third-order valence-corrected chi connectivity index (χ3v) is 4.02. The molecule has 23 heavy (non-hydrogen) atoms. The lowest BCUT2D eigenvalue weighted by Crippen LogP contribution is -2.41. The Kier molecular flexibility index (Phi) is 6.98. The molecule has 1 N–H and O–H groups in total. The average molecular weight is 344 g/mol. The van der Waals surface area contributed by atoms with Crippen molar-refractivity contribution in [2.75, 3.05) is 44.5 Å². The molecule has 0 heterocycles. The van der Waals surface area contributed by atoms with E-state index in [2.05, 4.69) is 10.1 Å². The Bertz CT molecular complexity index is 659. The minimum atomic E-state index is -3.77. The van der Waals surface area contributed by atoms with Gasteiger partial charge in [-0.15, -0.1) is 0 Å². The Balaban J connectivity index is 3.10. The summed E-state index contributed by atoms with van der Waals surface area (Å²) >= 11 is 0. The van der Waals surface area contributed by atoms with Gasteiger partial charge >= 0.3 is 5.97 Å².